The molecule has 2 amide bonds. The highest BCUT2D eigenvalue weighted by atomic mass is 16.6. The third-order valence-corrected chi connectivity index (χ3v) is 8.62. The van der Waals surface area contributed by atoms with E-state index in [-0.39, 0.29) is 32.3 Å². The zero-order valence-electron chi connectivity index (χ0n) is 27.8. The highest BCUT2D eigenvalue weighted by Gasteiger charge is 2.56. The summed E-state index contributed by atoms with van der Waals surface area (Å²) < 4.78 is 38.5. The first kappa shape index (κ1) is 34.5. The second-order valence-corrected chi connectivity index (χ2v) is 12.6. The van der Waals surface area contributed by atoms with Gasteiger partial charge >= 0.3 is 6.09 Å². The highest BCUT2D eigenvalue weighted by molar-refractivity contribution is 6.00. The number of ether oxygens (including phenoxy) is 6. The summed E-state index contributed by atoms with van der Waals surface area (Å²) >= 11 is 0. The van der Waals surface area contributed by atoms with Crippen LogP contribution >= 0.6 is 0 Å². The second-order valence-electron chi connectivity index (χ2n) is 12.6. The summed E-state index contributed by atoms with van der Waals surface area (Å²) in [6.45, 7) is 4.80. The fourth-order valence-corrected chi connectivity index (χ4v) is 6.07. The molecule has 2 heterocycles. The summed E-state index contributed by atoms with van der Waals surface area (Å²) in [6.07, 6.45) is -6.05. The predicted octanol–water partition coefficient (Wildman–Crippen LogP) is 6.69. The molecule has 6 rings (SSSR count). The first-order valence-electron chi connectivity index (χ1n) is 16.8. The highest BCUT2D eigenvalue weighted by Crippen LogP contribution is 2.35. The minimum atomic E-state index is -1.17. The molecule has 0 N–H and O–H groups in total. The van der Waals surface area contributed by atoms with E-state index in [4.69, 9.17) is 28.4 Å². The Kier molecular flexibility index (Phi) is 11.8. The Balaban J connectivity index is 1.36. The zero-order valence-corrected chi connectivity index (χ0v) is 27.8. The van der Waals surface area contributed by atoms with Crippen LogP contribution < -0.4 is 0 Å². The van der Waals surface area contributed by atoms with Crippen molar-refractivity contribution < 1.29 is 38.0 Å². The van der Waals surface area contributed by atoms with Crippen LogP contribution in [0.25, 0.3) is 0 Å². The lowest BCUT2D eigenvalue weighted by Crippen LogP contribution is -2.66. The maximum absolute atomic E-state index is 13.8. The fraction of sp³-hybridized carbons (Fsp3) is 0.350. The van der Waals surface area contributed by atoms with E-state index in [9.17, 15) is 9.59 Å². The zero-order chi connectivity index (χ0) is 34.0. The van der Waals surface area contributed by atoms with Crippen molar-refractivity contribution in [3.05, 3.63) is 144 Å². The lowest BCUT2D eigenvalue weighted by atomic mass is 9.96. The summed E-state index contributed by atoms with van der Waals surface area (Å²) in [4.78, 5) is 28.3. The Bertz CT molecular complexity index is 1600. The molecule has 0 aliphatic carbocycles. The molecular weight excluding hydrogens is 622 g/mol. The molecular formula is C40H43NO8. The van der Waals surface area contributed by atoms with Crippen LogP contribution in [0.5, 0.6) is 0 Å². The second kappa shape index (κ2) is 16.8. The van der Waals surface area contributed by atoms with Crippen molar-refractivity contribution in [3.63, 3.8) is 0 Å². The van der Waals surface area contributed by atoms with Crippen LogP contribution in [0, 0.1) is 5.92 Å². The van der Waals surface area contributed by atoms with Crippen molar-refractivity contribution in [3.8, 4) is 0 Å². The van der Waals surface area contributed by atoms with E-state index in [2.05, 4.69) is 0 Å². The molecule has 2 saturated heterocycles. The number of cyclic esters (lactones) is 1. The van der Waals surface area contributed by atoms with Gasteiger partial charge in [0.05, 0.1) is 33.0 Å². The van der Waals surface area contributed by atoms with Crippen molar-refractivity contribution in [1.29, 1.82) is 0 Å². The van der Waals surface area contributed by atoms with E-state index in [0.717, 1.165) is 27.2 Å². The van der Waals surface area contributed by atoms with Gasteiger partial charge in [-0.3, -0.25) is 4.79 Å². The number of carbonyl (C=O) groups is 2. The standard InChI is InChI=1S/C40H43NO8/c1-28(2)34-38(42)41(40(43)49-34)39-37(47-26-32-21-13-6-14-22-32)36(46-25-31-19-11-5-12-20-31)35(45-24-30-17-9-4-10-18-30)33(48-39)27-44-23-29-15-7-3-8-16-29/h3-22,28,33-37,39H,23-27H2,1-2H3/t33-,34+,35-,36+,37-,39-/m1/s1. The Morgan fingerprint density at radius 1 is 0.592 bits per heavy atom. The Hall–Kier alpha value is -4.38. The smallest absolute Gasteiger partial charge is 0.419 e. The van der Waals surface area contributed by atoms with Crippen LogP contribution in [0.3, 0.4) is 0 Å². The molecule has 0 aromatic heterocycles. The molecule has 0 radical (unpaired) electrons. The number of carbonyl (C=O) groups excluding carboxylic acids is 2. The quantitative estimate of drug-likeness (QED) is 0.139. The van der Waals surface area contributed by atoms with Gasteiger partial charge in [-0.25, -0.2) is 9.69 Å². The number of hydrogen-bond donors (Lipinski definition) is 0. The van der Waals surface area contributed by atoms with E-state index in [1.54, 1.807) is 0 Å². The number of benzene rings is 4. The van der Waals surface area contributed by atoms with Crippen LogP contribution in [0.1, 0.15) is 36.1 Å². The van der Waals surface area contributed by atoms with Gasteiger partial charge in [-0.2, -0.15) is 0 Å². The normalized spacial score (nSPS) is 23.9. The van der Waals surface area contributed by atoms with Crippen molar-refractivity contribution in [2.24, 2.45) is 5.92 Å². The first-order valence-corrected chi connectivity index (χ1v) is 16.8. The largest absolute Gasteiger partial charge is 0.435 e. The number of amides is 2. The number of imide groups is 1. The van der Waals surface area contributed by atoms with E-state index in [1.165, 1.54) is 0 Å². The Morgan fingerprint density at radius 3 is 1.47 bits per heavy atom. The van der Waals surface area contributed by atoms with Gasteiger partial charge in [0.1, 0.15) is 24.4 Å². The van der Waals surface area contributed by atoms with Crippen molar-refractivity contribution in [2.45, 2.75) is 77.0 Å². The molecule has 0 bridgehead atoms. The van der Waals surface area contributed by atoms with Gasteiger partial charge in [0.2, 0.25) is 0 Å². The Labute approximate surface area is 287 Å². The average Bonchev–Trinajstić information content (AvgIpc) is 3.44. The van der Waals surface area contributed by atoms with Crippen molar-refractivity contribution in [1.82, 2.24) is 4.90 Å². The summed E-state index contributed by atoms with van der Waals surface area (Å²) in [5.74, 6) is -0.710. The van der Waals surface area contributed by atoms with Crippen LogP contribution in [0.4, 0.5) is 4.79 Å². The van der Waals surface area contributed by atoms with Gasteiger partial charge in [0, 0.05) is 0 Å². The van der Waals surface area contributed by atoms with Crippen LogP contribution in [0.2, 0.25) is 0 Å². The van der Waals surface area contributed by atoms with E-state index in [1.807, 2.05) is 135 Å². The van der Waals surface area contributed by atoms with Crippen molar-refractivity contribution in [2.75, 3.05) is 6.61 Å². The van der Waals surface area contributed by atoms with Gasteiger partial charge in [0.25, 0.3) is 5.91 Å². The summed E-state index contributed by atoms with van der Waals surface area (Å²) in [5.41, 5.74) is 3.82. The molecule has 4 aromatic carbocycles. The van der Waals surface area contributed by atoms with Crippen molar-refractivity contribution >= 4 is 12.0 Å². The van der Waals surface area contributed by atoms with Gasteiger partial charge in [-0.1, -0.05) is 135 Å². The lowest BCUT2D eigenvalue weighted by molar-refractivity contribution is -0.291. The minimum Gasteiger partial charge on any atom is -0.435 e. The maximum Gasteiger partial charge on any atom is 0.419 e. The number of rotatable bonds is 15. The molecule has 9 heteroatoms. The molecule has 2 aliphatic heterocycles. The minimum absolute atomic E-state index is 0.103. The van der Waals surface area contributed by atoms with Crippen LogP contribution in [-0.2, 0) is 59.6 Å². The molecule has 0 unspecified atom stereocenters. The summed E-state index contributed by atoms with van der Waals surface area (Å²) in [7, 11) is 0. The molecule has 2 aliphatic rings. The van der Waals surface area contributed by atoms with Crippen LogP contribution in [0.15, 0.2) is 121 Å². The molecule has 256 valence electrons. The summed E-state index contributed by atoms with van der Waals surface area (Å²) in [5, 5.41) is 0. The van der Waals surface area contributed by atoms with Gasteiger partial charge in [-0.15, -0.1) is 0 Å². The molecule has 2 fully saturated rings. The predicted molar refractivity (Wildman–Crippen MR) is 182 cm³/mol. The SMILES string of the molecule is CC(C)[C@@H]1OC(=O)N([C@@H]2O[C@H](COCc3ccccc3)[C@@H](OCc3ccccc3)[C@H](OCc3ccccc3)[C@H]2OCc2ccccc2)C1=O. The summed E-state index contributed by atoms with van der Waals surface area (Å²) in [6, 6.07) is 39.2. The molecule has 0 spiro atoms. The van der Waals surface area contributed by atoms with Gasteiger partial charge in [-0.05, 0) is 28.2 Å². The maximum atomic E-state index is 13.8. The molecule has 6 atom stereocenters. The fourth-order valence-electron chi connectivity index (χ4n) is 6.07. The third-order valence-electron chi connectivity index (χ3n) is 8.62. The lowest BCUT2D eigenvalue weighted by Gasteiger charge is -2.47. The van der Waals surface area contributed by atoms with E-state index in [0.29, 0.717) is 6.61 Å². The van der Waals surface area contributed by atoms with E-state index >= 15 is 0 Å². The van der Waals surface area contributed by atoms with Crippen LogP contribution in [-0.4, -0.2) is 60.3 Å². The monoisotopic (exact) mass is 665 g/mol. The molecule has 0 saturated carbocycles. The number of nitrogens with zero attached hydrogens (tertiary/aromatic N) is 1. The average molecular weight is 666 g/mol. The van der Waals surface area contributed by atoms with E-state index < -0.39 is 48.7 Å². The number of hydrogen-bond acceptors (Lipinski definition) is 8. The van der Waals surface area contributed by atoms with Gasteiger partial charge < -0.3 is 28.4 Å². The topological polar surface area (TPSA) is 92.8 Å². The van der Waals surface area contributed by atoms with Gasteiger partial charge in [0.15, 0.2) is 12.3 Å². The Morgan fingerprint density at radius 2 is 1.02 bits per heavy atom. The molecule has 9 nitrogen and oxygen atoms in total. The third kappa shape index (κ3) is 8.81. The molecule has 4 aromatic rings. The molecule has 49 heavy (non-hydrogen) atoms. The first-order chi connectivity index (χ1) is 24.0.